The van der Waals surface area contributed by atoms with Crippen LogP contribution in [0.5, 0.6) is 0 Å². The Bertz CT molecular complexity index is 137. The van der Waals surface area contributed by atoms with Crippen molar-refractivity contribution < 1.29 is 0 Å². The Labute approximate surface area is 89.1 Å². The minimum atomic E-state index is 0.901. The average Bonchev–Trinajstić information content (AvgIpc) is 2.46. The highest BCUT2D eigenvalue weighted by Crippen LogP contribution is 2.21. The third kappa shape index (κ3) is 3.97. The summed E-state index contributed by atoms with van der Waals surface area (Å²) in [6.07, 6.45) is 2.55. The zero-order valence-electron chi connectivity index (χ0n) is 10.1. The molecule has 1 N–H and O–H groups in total. The van der Waals surface area contributed by atoms with Crippen LogP contribution < -0.4 is 5.32 Å². The van der Waals surface area contributed by atoms with Crippen molar-refractivity contribution in [3.63, 3.8) is 0 Å². The van der Waals surface area contributed by atoms with Gasteiger partial charge in [-0.15, -0.1) is 0 Å². The van der Waals surface area contributed by atoms with Gasteiger partial charge in [0.1, 0.15) is 0 Å². The quantitative estimate of drug-likeness (QED) is 0.656. The number of rotatable bonds is 6. The van der Waals surface area contributed by atoms with Crippen LogP contribution in [0, 0.1) is 11.8 Å². The minimum Gasteiger partial charge on any atom is -0.317 e. The molecule has 1 fully saturated rings. The lowest BCUT2D eigenvalue weighted by molar-refractivity contribution is 0.317. The SMILES string of the molecule is CCCNCCCN1CC(C)C(C)C1. The first-order valence-corrected chi connectivity index (χ1v) is 6.17. The van der Waals surface area contributed by atoms with Crippen molar-refractivity contribution in [3.05, 3.63) is 0 Å². The van der Waals surface area contributed by atoms with Crippen molar-refractivity contribution in [1.82, 2.24) is 10.2 Å². The first-order chi connectivity index (χ1) is 6.74. The molecule has 14 heavy (non-hydrogen) atoms. The van der Waals surface area contributed by atoms with Crippen LogP contribution in [0.25, 0.3) is 0 Å². The lowest BCUT2D eigenvalue weighted by Crippen LogP contribution is -2.26. The van der Waals surface area contributed by atoms with Crippen molar-refractivity contribution in [3.8, 4) is 0 Å². The molecule has 2 heteroatoms. The van der Waals surface area contributed by atoms with Gasteiger partial charge in [-0.3, -0.25) is 0 Å². The van der Waals surface area contributed by atoms with E-state index in [1.165, 1.54) is 45.6 Å². The molecule has 1 aliphatic heterocycles. The first kappa shape index (κ1) is 12.0. The van der Waals surface area contributed by atoms with Crippen LogP contribution in [0.3, 0.4) is 0 Å². The predicted octanol–water partition coefficient (Wildman–Crippen LogP) is 1.96. The van der Waals surface area contributed by atoms with Gasteiger partial charge in [-0.2, -0.15) is 0 Å². The molecule has 0 bridgehead atoms. The van der Waals surface area contributed by atoms with Crippen LogP contribution in [0.4, 0.5) is 0 Å². The van der Waals surface area contributed by atoms with Crippen molar-refractivity contribution >= 4 is 0 Å². The monoisotopic (exact) mass is 198 g/mol. The summed E-state index contributed by atoms with van der Waals surface area (Å²) in [6.45, 7) is 13.2. The van der Waals surface area contributed by atoms with E-state index < -0.39 is 0 Å². The van der Waals surface area contributed by atoms with E-state index in [0.717, 1.165) is 11.8 Å². The zero-order chi connectivity index (χ0) is 10.4. The standard InChI is InChI=1S/C12H26N2/c1-4-6-13-7-5-8-14-9-11(2)12(3)10-14/h11-13H,4-10H2,1-3H3. The van der Waals surface area contributed by atoms with Gasteiger partial charge in [0.05, 0.1) is 0 Å². The maximum atomic E-state index is 3.45. The number of hydrogen-bond acceptors (Lipinski definition) is 2. The number of nitrogens with zero attached hydrogens (tertiary/aromatic N) is 1. The topological polar surface area (TPSA) is 15.3 Å². The molecule has 2 nitrogen and oxygen atoms in total. The van der Waals surface area contributed by atoms with E-state index in [4.69, 9.17) is 0 Å². The van der Waals surface area contributed by atoms with Crippen molar-refractivity contribution in [2.24, 2.45) is 11.8 Å². The molecule has 1 rings (SSSR count). The van der Waals surface area contributed by atoms with Crippen LogP contribution in [0.2, 0.25) is 0 Å². The van der Waals surface area contributed by atoms with Crippen LogP contribution in [0.1, 0.15) is 33.6 Å². The van der Waals surface area contributed by atoms with Gasteiger partial charge in [0, 0.05) is 13.1 Å². The predicted molar refractivity (Wildman–Crippen MR) is 62.5 cm³/mol. The average molecular weight is 198 g/mol. The van der Waals surface area contributed by atoms with Crippen molar-refractivity contribution in [1.29, 1.82) is 0 Å². The molecule has 1 saturated heterocycles. The van der Waals surface area contributed by atoms with Crippen LogP contribution in [-0.4, -0.2) is 37.6 Å². The van der Waals surface area contributed by atoms with E-state index in [0.29, 0.717) is 0 Å². The number of nitrogens with one attached hydrogen (secondary N) is 1. The van der Waals surface area contributed by atoms with E-state index in [1.54, 1.807) is 0 Å². The summed E-state index contributed by atoms with van der Waals surface area (Å²) in [5, 5.41) is 3.45. The largest absolute Gasteiger partial charge is 0.317 e. The first-order valence-electron chi connectivity index (χ1n) is 6.17. The Kier molecular flexibility index (Phi) is 5.49. The second-order valence-electron chi connectivity index (χ2n) is 4.82. The van der Waals surface area contributed by atoms with Gasteiger partial charge >= 0.3 is 0 Å². The summed E-state index contributed by atoms with van der Waals surface area (Å²) in [4.78, 5) is 2.61. The van der Waals surface area contributed by atoms with E-state index >= 15 is 0 Å². The molecule has 1 aliphatic rings. The lowest BCUT2D eigenvalue weighted by Gasteiger charge is -2.15. The Morgan fingerprint density at radius 1 is 1.14 bits per heavy atom. The van der Waals surface area contributed by atoms with Gasteiger partial charge in [0.2, 0.25) is 0 Å². The van der Waals surface area contributed by atoms with Gasteiger partial charge in [0.25, 0.3) is 0 Å². The highest BCUT2D eigenvalue weighted by molar-refractivity contribution is 4.78. The van der Waals surface area contributed by atoms with Crippen molar-refractivity contribution in [2.45, 2.75) is 33.6 Å². The molecule has 2 unspecified atom stereocenters. The molecule has 0 amide bonds. The molecule has 0 saturated carbocycles. The summed E-state index contributed by atoms with van der Waals surface area (Å²) >= 11 is 0. The molecule has 84 valence electrons. The second-order valence-corrected chi connectivity index (χ2v) is 4.82. The molecule has 0 aromatic heterocycles. The van der Waals surface area contributed by atoms with E-state index in [1.807, 2.05) is 0 Å². The highest BCUT2D eigenvalue weighted by atomic mass is 15.1. The third-order valence-corrected chi connectivity index (χ3v) is 3.32. The molecule has 0 radical (unpaired) electrons. The van der Waals surface area contributed by atoms with Gasteiger partial charge in [-0.05, 0) is 44.3 Å². The number of likely N-dealkylation sites (tertiary alicyclic amines) is 1. The summed E-state index contributed by atoms with van der Waals surface area (Å²) < 4.78 is 0. The Hall–Kier alpha value is -0.0800. The Morgan fingerprint density at radius 2 is 1.79 bits per heavy atom. The van der Waals surface area contributed by atoms with E-state index in [2.05, 4.69) is 31.0 Å². The third-order valence-electron chi connectivity index (χ3n) is 3.32. The molecule has 0 aromatic rings. The summed E-state index contributed by atoms with van der Waals surface area (Å²) in [5.74, 6) is 1.80. The van der Waals surface area contributed by atoms with Crippen molar-refractivity contribution in [2.75, 3.05) is 32.7 Å². The molecular weight excluding hydrogens is 172 g/mol. The fourth-order valence-electron chi connectivity index (χ4n) is 2.16. The smallest absolute Gasteiger partial charge is 0.00102 e. The fourth-order valence-corrected chi connectivity index (χ4v) is 2.16. The fraction of sp³-hybridized carbons (Fsp3) is 1.00. The Morgan fingerprint density at radius 3 is 2.36 bits per heavy atom. The maximum absolute atomic E-state index is 3.45. The minimum absolute atomic E-state index is 0.901. The van der Waals surface area contributed by atoms with Crippen LogP contribution in [-0.2, 0) is 0 Å². The molecule has 2 atom stereocenters. The molecule has 0 aliphatic carbocycles. The highest BCUT2D eigenvalue weighted by Gasteiger charge is 2.24. The van der Waals surface area contributed by atoms with Gasteiger partial charge < -0.3 is 10.2 Å². The normalized spacial score (nSPS) is 28.5. The van der Waals surface area contributed by atoms with Crippen LogP contribution >= 0.6 is 0 Å². The Balaban J connectivity index is 1.97. The molecule has 0 aromatic carbocycles. The van der Waals surface area contributed by atoms with E-state index in [9.17, 15) is 0 Å². The summed E-state index contributed by atoms with van der Waals surface area (Å²) in [5.41, 5.74) is 0. The van der Waals surface area contributed by atoms with Gasteiger partial charge in [0.15, 0.2) is 0 Å². The molecule has 0 spiro atoms. The van der Waals surface area contributed by atoms with Gasteiger partial charge in [-0.1, -0.05) is 20.8 Å². The summed E-state index contributed by atoms with van der Waals surface area (Å²) in [7, 11) is 0. The van der Waals surface area contributed by atoms with Crippen LogP contribution in [0.15, 0.2) is 0 Å². The maximum Gasteiger partial charge on any atom is 0.00102 e. The van der Waals surface area contributed by atoms with Gasteiger partial charge in [-0.25, -0.2) is 0 Å². The molecular formula is C12H26N2. The molecule has 1 heterocycles. The van der Waals surface area contributed by atoms with E-state index in [-0.39, 0.29) is 0 Å². The summed E-state index contributed by atoms with van der Waals surface area (Å²) in [6, 6.07) is 0. The zero-order valence-corrected chi connectivity index (χ0v) is 10.1. The number of hydrogen-bond donors (Lipinski definition) is 1. The lowest BCUT2D eigenvalue weighted by atomic mass is 10.0. The second kappa shape index (κ2) is 6.41.